The Bertz CT molecular complexity index is 412. The molecule has 1 aromatic carbocycles. The molecule has 3 heteroatoms. The molecule has 0 saturated heterocycles. The third-order valence-corrected chi connectivity index (χ3v) is 3.61. The summed E-state index contributed by atoms with van der Waals surface area (Å²) in [5, 5.41) is 0. The fraction of sp³-hybridized carbons (Fsp3) is 0.588. The molecule has 2 N–H and O–H groups in total. The second-order valence-electron chi connectivity index (χ2n) is 5.91. The molecule has 20 heavy (non-hydrogen) atoms. The van der Waals surface area contributed by atoms with Crippen LogP contribution in [-0.4, -0.2) is 23.4 Å². The van der Waals surface area contributed by atoms with Crippen molar-refractivity contribution in [2.75, 3.05) is 6.54 Å². The lowest BCUT2D eigenvalue weighted by atomic mass is 10.0. The van der Waals surface area contributed by atoms with Crippen LogP contribution in [-0.2, 0) is 11.3 Å². The number of rotatable bonds is 7. The molecule has 0 heterocycles. The molecule has 1 rings (SSSR count). The Morgan fingerprint density at radius 2 is 1.85 bits per heavy atom. The summed E-state index contributed by atoms with van der Waals surface area (Å²) in [4.78, 5) is 14.3. The topological polar surface area (TPSA) is 46.3 Å². The largest absolute Gasteiger partial charge is 0.338 e. The maximum atomic E-state index is 12.4. The van der Waals surface area contributed by atoms with Gasteiger partial charge in [-0.3, -0.25) is 4.79 Å². The number of nitrogens with two attached hydrogens (primary N) is 1. The monoisotopic (exact) mass is 276 g/mol. The van der Waals surface area contributed by atoms with Gasteiger partial charge in [0.2, 0.25) is 5.91 Å². The molecule has 0 saturated carbocycles. The molecule has 1 aromatic rings. The fourth-order valence-electron chi connectivity index (χ4n) is 2.04. The van der Waals surface area contributed by atoms with Gasteiger partial charge >= 0.3 is 0 Å². The minimum atomic E-state index is -0.0557. The van der Waals surface area contributed by atoms with Crippen molar-refractivity contribution in [2.45, 2.75) is 53.1 Å². The van der Waals surface area contributed by atoms with Crippen molar-refractivity contribution in [1.82, 2.24) is 4.90 Å². The summed E-state index contributed by atoms with van der Waals surface area (Å²) in [5.41, 5.74) is 8.43. The van der Waals surface area contributed by atoms with Crippen molar-refractivity contribution in [1.29, 1.82) is 0 Å². The lowest BCUT2D eigenvalue weighted by molar-refractivity contribution is -0.132. The first-order valence-electron chi connectivity index (χ1n) is 7.53. The standard InChI is InChI=1S/C17H28N2O/c1-5-10-19(17(20)11-16(18)13(2)3)12-15-8-6-14(4)7-9-15/h6-9,13,16H,5,10-12,18H2,1-4H3. The van der Waals surface area contributed by atoms with Crippen LogP contribution in [0.2, 0.25) is 0 Å². The van der Waals surface area contributed by atoms with E-state index in [9.17, 15) is 4.79 Å². The van der Waals surface area contributed by atoms with Gasteiger partial charge in [-0.15, -0.1) is 0 Å². The number of nitrogens with zero attached hydrogens (tertiary/aromatic N) is 1. The number of amides is 1. The highest BCUT2D eigenvalue weighted by Crippen LogP contribution is 2.11. The summed E-state index contributed by atoms with van der Waals surface area (Å²) in [6, 6.07) is 8.30. The van der Waals surface area contributed by atoms with Crippen LogP contribution in [0.1, 0.15) is 44.7 Å². The van der Waals surface area contributed by atoms with E-state index in [2.05, 4.69) is 52.0 Å². The normalized spacial score (nSPS) is 12.5. The van der Waals surface area contributed by atoms with Crippen LogP contribution in [0.15, 0.2) is 24.3 Å². The highest BCUT2D eigenvalue weighted by molar-refractivity contribution is 5.76. The smallest absolute Gasteiger partial charge is 0.224 e. The predicted molar refractivity (Wildman–Crippen MR) is 84.3 cm³/mol. The van der Waals surface area contributed by atoms with Gasteiger partial charge in [0, 0.05) is 25.6 Å². The van der Waals surface area contributed by atoms with Crippen molar-refractivity contribution in [3.8, 4) is 0 Å². The first-order valence-corrected chi connectivity index (χ1v) is 7.53. The van der Waals surface area contributed by atoms with E-state index in [0.29, 0.717) is 18.9 Å². The molecule has 112 valence electrons. The molecule has 0 aromatic heterocycles. The van der Waals surface area contributed by atoms with E-state index in [1.165, 1.54) is 11.1 Å². The molecule has 0 fully saturated rings. The molecule has 1 amide bonds. The molecular weight excluding hydrogens is 248 g/mol. The van der Waals surface area contributed by atoms with E-state index in [1.807, 2.05) is 4.90 Å². The van der Waals surface area contributed by atoms with Crippen molar-refractivity contribution in [2.24, 2.45) is 11.7 Å². The van der Waals surface area contributed by atoms with Crippen LogP contribution in [0.25, 0.3) is 0 Å². The molecule has 0 radical (unpaired) electrons. The Kier molecular flexibility index (Phi) is 6.73. The first-order chi connectivity index (χ1) is 9.43. The minimum absolute atomic E-state index is 0.0557. The van der Waals surface area contributed by atoms with Gasteiger partial charge in [0.1, 0.15) is 0 Å². The lowest BCUT2D eigenvalue weighted by Crippen LogP contribution is -2.38. The number of hydrogen-bond donors (Lipinski definition) is 1. The highest BCUT2D eigenvalue weighted by Gasteiger charge is 2.18. The summed E-state index contributed by atoms with van der Waals surface area (Å²) in [6.07, 6.45) is 1.40. The molecule has 0 aliphatic rings. The van der Waals surface area contributed by atoms with Gasteiger partial charge in [0.25, 0.3) is 0 Å². The van der Waals surface area contributed by atoms with Crippen molar-refractivity contribution < 1.29 is 4.79 Å². The van der Waals surface area contributed by atoms with Crippen LogP contribution in [0.4, 0.5) is 0 Å². The summed E-state index contributed by atoms with van der Waals surface area (Å²) in [5.74, 6) is 0.496. The summed E-state index contributed by atoms with van der Waals surface area (Å²) < 4.78 is 0. The Balaban J connectivity index is 2.68. The highest BCUT2D eigenvalue weighted by atomic mass is 16.2. The van der Waals surface area contributed by atoms with E-state index in [-0.39, 0.29) is 11.9 Å². The zero-order valence-corrected chi connectivity index (χ0v) is 13.2. The second-order valence-corrected chi connectivity index (χ2v) is 5.91. The minimum Gasteiger partial charge on any atom is -0.338 e. The number of benzene rings is 1. The quantitative estimate of drug-likeness (QED) is 0.831. The fourth-order valence-corrected chi connectivity index (χ4v) is 2.04. The molecule has 0 bridgehead atoms. The molecule has 1 atom stereocenters. The number of carbonyl (C=O) groups is 1. The molecule has 0 aliphatic carbocycles. The Morgan fingerprint density at radius 3 is 2.35 bits per heavy atom. The summed E-state index contributed by atoms with van der Waals surface area (Å²) >= 11 is 0. The second kappa shape index (κ2) is 8.05. The third kappa shape index (κ3) is 5.33. The number of hydrogen-bond acceptors (Lipinski definition) is 2. The Hall–Kier alpha value is -1.35. The van der Waals surface area contributed by atoms with Gasteiger partial charge in [0.15, 0.2) is 0 Å². The Labute approximate surface area is 123 Å². The van der Waals surface area contributed by atoms with Gasteiger partial charge in [-0.25, -0.2) is 0 Å². The first kappa shape index (κ1) is 16.7. The van der Waals surface area contributed by atoms with E-state index in [0.717, 1.165) is 13.0 Å². The van der Waals surface area contributed by atoms with E-state index in [1.54, 1.807) is 0 Å². The van der Waals surface area contributed by atoms with Crippen molar-refractivity contribution in [3.63, 3.8) is 0 Å². The molecular formula is C17H28N2O. The van der Waals surface area contributed by atoms with Gasteiger partial charge in [-0.1, -0.05) is 50.6 Å². The lowest BCUT2D eigenvalue weighted by Gasteiger charge is -2.25. The molecule has 0 aliphatic heterocycles. The molecule has 1 unspecified atom stereocenters. The van der Waals surface area contributed by atoms with Gasteiger partial charge < -0.3 is 10.6 Å². The third-order valence-electron chi connectivity index (χ3n) is 3.61. The molecule has 3 nitrogen and oxygen atoms in total. The molecule has 0 spiro atoms. The van der Waals surface area contributed by atoms with Crippen LogP contribution < -0.4 is 5.73 Å². The van der Waals surface area contributed by atoms with Gasteiger partial charge in [0.05, 0.1) is 0 Å². The SMILES string of the molecule is CCCN(Cc1ccc(C)cc1)C(=O)CC(N)C(C)C. The zero-order valence-electron chi connectivity index (χ0n) is 13.2. The number of aryl methyl sites for hydroxylation is 1. The Morgan fingerprint density at radius 1 is 1.25 bits per heavy atom. The van der Waals surface area contributed by atoms with Crippen molar-refractivity contribution in [3.05, 3.63) is 35.4 Å². The average molecular weight is 276 g/mol. The summed E-state index contributed by atoms with van der Waals surface area (Å²) in [6.45, 7) is 9.75. The number of carbonyl (C=O) groups excluding carboxylic acids is 1. The van der Waals surface area contributed by atoms with E-state index >= 15 is 0 Å². The van der Waals surface area contributed by atoms with Crippen LogP contribution in [0, 0.1) is 12.8 Å². The summed E-state index contributed by atoms with van der Waals surface area (Å²) in [7, 11) is 0. The maximum absolute atomic E-state index is 12.4. The van der Waals surface area contributed by atoms with Crippen LogP contribution >= 0.6 is 0 Å². The van der Waals surface area contributed by atoms with Crippen LogP contribution in [0.5, 0.6) is 0 Å². The van der Waals surface area contributed by atoms with Gasteiger partial charge in [-0.05, 0) is 24.8 Å². The van der Waals surface area contributed by atoms with Gasteiger partial charge in [-0.2, -0.15) is 0 Å². The average Bonchev–Trinajstić information content (AvgIpc) is 2.40. The van der Waals surface area contributed by atoms with Crippen molar-refractivity contribution >= 4 is 5.91 Å². The van der Waals surface area contributed by atoms with E-state index in [4.69, 9.17) is 5.73 Å². The predicted octanol–water partition coefficient (Wildman–Crippen LogP) is 3.11. The van der Waals surface area contributed by atoms with E-state index < -0.39 is 0 Å². The zero-order chi connectivity index (χ0) is 15.1. The van der Waals surface area contributed by atoms with Crippen LogP contribution in [0.3, 0.4) is 0 Å². The maximum Gasteiger partial charge on any atom is 0.224 e.